The first-order chi connectivity index (χ1) is 11.6. The van der Waals surface area contributed by atoms with E-state index in [9.17, 15) is 14.0 Å². The van der Waals surface area contributed by atoms with E-state index in [1.165, 1.54) is 17.0 Å². The number of hydrogen-bond donors (Lipinski definition) is 2. The van der Waals surface area contributed by atoms with Crippen LogP contribution in [0.15, 0.2) is 42.5 Å². The molecule has 2 aromatic carbocycles. The molecule has 122 valence electrons. The van der Waals surface area contributed by atoms with Gasteiger partial charge in [0.1, 0.15) is 5.82 Å². The van der Waals surface area contributed by atoms with E-state index in [2.05, 4.69) is 10.6 Å². The van der Waals surface area contributed by atoms with Gasteiger partial charge in [0.05, 0.1) is 11.3 Å². The number of amides is 2. The highest BCUT2D eigenvalue weighted by molar-refractivity contribution is 6.14. The first-order valence-electron chi connectivity index (χ1n) is 7.88. The molecule has 0 radical (unpaired) electrons. The van der Waals surface area contributed by atoms with Gasteiger partial charge in [-0.2, -0.15) is 0 Å². The molecule has 6 heteroatoms. The van der Waals surface area contributed by atoms with Crippen LogP contribution in [0, 0.1) is 5.82 Å². The van der Waals surface area contributed by atoms with Crippen LogP contribution >= 0.6 is 0 Å². The Kier molecular flexibility index (Phi) is 3.09. The quantitative estimate of drug-likeness (QED) is 0.892. The van der Waals surface area contributed by atoms with Gasteiger partial charge in [-0.3, -0.25) is 9.59 Å². The van der Waals surface area contributed by atoms with Gasteiger partial charge in [-0.1, -0.05) is 19.1 Å². The molecule has 2 heterocycles. The molecule has 2 N–H and O–H groups in total. The Labute approximate surface area is 138 Å². The molecule has 1 spiro atoms. The normalized spacial score (nSPS) is 21.3. The average Bonchev–Trinajstić information content (AvgIpc) is 2.83. The molecule has 1 atom stereocenters. The zero-order valence-electron chi connectivity index (χ0n) is 13.1. The number of carbonyl (C=O) groups is 2. The zero-order valence-corrected chi connectivity index (χ0v) is 13.1. The maximum absolute atomic E-state index is 13.6. The molecule has 24 heavy (non-hydrogen) atoms. The number of para-hydroxylation sites is 1. The number of nitrogens with one attached hydrogen (secondary N) is 2. The summed E-state index contributed by atoms with van der Waals surface area (Å²) in [5.41, 5.74) is 0.734. The third-order valence-electron chi connectivity index (χ3n) is 4.52. The predicted octanol–water partition coefficient (Wildman–Crippen LogP) is 2.91. The van der Waals surface area contributed by atoms with E-state index in [1.54, 1.807) is 30.3 Å². The zero-order chi connectivity index (χ0) is 16.9. The maximum Gasteiger partial charge on any atom is 0.276 e. The van der Waals surface area contributed by atoms with E-state index >= 15 is 0 Å². The van der Waals surface area contributed by atoms with E-state index in [1.807, 2.05) is 6.92 Å². The fraction of sp³-hybridized carbons (Fsp3) is 0.222. The van der Waals surface area contributed by atoms with Gasteiger partial charge in [0, 0.05) is 17.8 Å². The van der Waals surface area contributed by atoms with Gasteiger partial charge in [-0.05, 0) is 36.8 Å². The maximum atomic E-state index is 13.6. The first-order valence-corrected chi connectivity index (χ1v) is 7.88. The van der Waals surface area contributed by atoms with Crippen LogP contribution in [0.4, 0.5) is 15.8 Å². The van der Waals surface area contributed by atoms with Crippen LogP contribution in [-0.4, -0.2) is 23.3 Å². The predicted molar refractivity (Wildman–Crippen MR) is 88.1 cm³/mol. The molecule has 0 aromatic heterocycles. The van der Waals surface area contributed by atoms with Crippen molar-refractivity contribution < 1.29 is 14.0 Å². The summed E-state index contributed by atoms with van der Waals surface area (Å²) in [5.74, 6) is -1.02. The van der Waals surface area contributed by atoms with Crippen LogP contribution in [0.2, 0.25) is 0 Å². The van der Waals surface area contributed by atoms with Crippen LogP contribution in [0.25, 0.3) is 0 Å². The van der Waals surface area contributed by atoms with Crippen molar-refractivity contribution in [3.63, 3.8) is 0 Å². The van der Waals surface area contributed by atoms with Gasteiger partial charge in [0.2, 0.25) is 5.66 Å². The van der Waals surface area contributed by atoms with E-state index in [0.717, 1.165) is 0 Å². The molecule has 0 bridgehead atoms. The fourth-order valence-electron chi connectivity index (χ4n) is 3.49. The second-order valence-corrected chi connectivity index (χ2v) is 5.98. The molecular formula is C18H16FN3O2. The second kappa shape index (κ2) is 5.06. The summed E-state index contributed by atoms with van der Waals surface area (Å²) in [4.78, 5) is 27.4. The van der Waals surface area contributed by atoms with E-state index in [-0.39, 0.29) is 11.8 Å². The van der Waals surface area contributed by atoms with Crippen molar-refractivity contribution in [1.29, 1.82) is 0 Å². The molecule has 5 nitrogen and oxygen atoms in total. The van der Waals surface area contributed by atoms with Gasteiger partial charge >= 0.3 is 0 Å². The molecule has 0 saturated carbocycles. The molecule has 1 unspecified atom stereocenters. The minimum Gasteiger partial charge on any atom is -0.350 e. The Hall–Kier alpha value is -2.89. The molecule has 2 aliphatic heterocycles. The van der Waals surface area contributed by atoms with Gasteiger partial charge < -0.3 is 15.5 Å². The molecular weight excluding hydrogens is 309 g/mol. The van der Waals surface area contributed by atoms with Crippen molar-refractivity contribution in [2.24, 2.45) is 0 Å². The van der Waals surface area contributed by atoms with Crippen LogP contribution in [-0.2, 0) is 10.5 Å². The van der Waals surface area contributed by atoms with Gasteiger partial charge in [0.15, 0.2) is 0 Å². The molecule has 2 amide bonds. The topological polar surface area (TPSA) is 61.4 Å². The highest BCUT2D eigenvalue weighted by Crippen LogP contribution is 2.45. The van der Waals surface area contributed by atoms with Crippen molar-refractivity contribution >= 4 is 23.2 Å². The first kappa shape index (κ1) is 14.7. The van der Waals surface area contributed by atoms with E-state index in [4.69, 9.17) is 0 Å². The highest BCUT2D eigenvalue weighted by Gasteiger charge is 2.56. The summed E-state index contributed by atoms with van der Waals surface area (Å²) in [5, 5.41) is 5.94. The lowest BCUT2D eigenvalue weighted by atomic mass is 9.92. The SMILES string of the molecule is CCCN1C(=O)c2ccccc2NC12C(=O)Nc1cc(F)ccc12. The summed E-state index contributed by atoms with van der Waals surface area (Å²) in [6, 6.07) is 11.2. The van der Waals surface area contributed by atoms with Gasteiger partial charge in [-0.25, -0.2) is 4.39 Å². The molecule has 2 aromatic rings. The lowest BCUT2D eigenvalue weighted by Gasteiger charge is -2.44. The summed E-state index contributed by atoms with van der Waals surface area (Å²) in [7, 11) is 0. The third kappa shape index (κ3) is 1.79. The standard InChI is InChI=1S/C18H16FN3O2/c1-2-9-22-16(23)12-5-3-4-6-14(12)21-18(22)13-8-7-11(19)10-15(13)20-17(18)24/h3-8,10,21H,2,9H2,1H3,(H,20,24). The van der Waals surface area contributed by atoms with Crippen molar-refractivity contribution in [2.45, 2.75) is 19.0 Å². The van der Waals surface area contributed by atoms with Crippen LogP contribution in [0.1, 0.15) is 29.3 Å². The Balaban J connectivity index is 1.96. The third-order valence-corrected chi connectivity index (χ3v) is 4.52. The number of hydrogen-bond acceptors (Lipinski definition) is 3. The monoisotopic (exact) mass is 325 g/mol. The second-order valence-electron chi connectivity index (χ2n) is 5.98. The average molecular weight is 325 g/mol. The highest BCUT2D eigenvalue weighted by atomic mass is 19.1. The van der Waals surface area contributed by atoms with Crippen molar-refractivity contribution in [3.05, 3.63) is 59.4 Å². The van der Waals surface area contributed by atoms with E-state index < -0.39 is 11.5 Å². The van der Waals surface area contributed by atoms with Crippen LogP contribution < -0.4 is 10.6 Å². The van der Waals surface area contributed by atoms with Gasteiger partial charge in [-0.15, -0.1) is 0 Å². The molecule has 0 fully saturated rings. The number of rotatable bonds is 2. The minimum absolute atomic E-state index is 0.210. The van der Waals surface area contributed by atoms with Crippen molar-refractivity contribution in [3.8, 4) is 0 Å². The summed E-state index contributed by atoms with van der Waals surface area (Å²) >= 11 is 0. The molecule has 0 aliphatic carbocycles. The number of halogens is 1. The smallest absolute Gasteiger partial charge is 0.276 e. The Bertz CT molecular complexity index is 867. The number of benzene rings is 2. The summed E-state index contributed by atoms with van der Waals surface area (Å²) in [6.07, 6.45) is 0.696. The summed E-state index contributed by atoms with van der Waals surface area (Å²) < 4.78 is 13.6. The number of anilines is 2. The molecule has 2 aliphatic rings. The lowest BCUT2D eigenvalue weighted by Crippen LogP contribution is -2.61. The lowest BCUT2D eigenvalue weighted by molar-refractivity contribution is -0.125. The molecule has 0 saturated heterocycles. The van der Waals surface area contributed by atoms with E-state index in [0.29, 0.717) is 35.5 Å². The Morgan fingerprint density at radius 2 is 1.92 bits per heavy atom. The van der Waals surface area contributed by atoms with Gasteiger partial charge in [0.25, 0.3) is 11.8 Å². The number of fused-ring (bicyclic) bond motifs is 3. The number of nitrogens with zero attached hydrogens (tertiary/aromatic N) is 1. The minimum atomic E-state index is -1.34. The largest absolute Gasteiger partial charge is 0.350 e. The summed E-state index contributed by atoms with van der Waals surface area (Å²) in [6.45, 7) is 2.35. The van der Waals surface area contributed by atoms with Crippen LogP contribution in [0.3, 0.4) is 0 Å². The van der Waals surface area contributed by atoms with Crippen LogP contribution in [0.5, 0.6) is 0 Å². The Morgan fingerprint density at radius 3 is 2.71 bits per heavy atom. The van der Waals surface area contributed by atoms with Crippen molar-refractivity contribution in [1.82, 2.24) is 4.90 Å². The fourth-order valence-corrected chi connectivity index (χ4v) is 3.49. The Morgan fingerprint density at radius 1 is 1.12 bits per heavy atom. The molecule has 4 rings (SSSR count). The number of carbonyl (C=O) groups excluding carboxylic acids is 2. The van der Waals surface area contributed by atoms with Crippen molar-refractivity contribution in [2.75, 3.05) is 17.2 Å².